The van der Waals surface area contributed by atoms with E-state index in [1.165, 1.54) is 0 Å². The van der Waals surface area contributed by atoms with Gasteiger partial charge in [-0.05, 0) is 0 Å². The number of carbonyl (C=O) groups is 3. The van der Waals surface area contributed by atoms with Gasteiger partial charge in [0.1, 0.15) is 0 Å². The van der Waals surface area contributed by atoms with Crippen molar-refractivity contribution in [3.63, 3.8) is 0 Å². The van der Waals surface area contributed by atoms with Crippen LogP contribution in [-0.2, 0) is 22.8 Å². The van der Waals surface area contributed by atoms with E-state index in [1.807, 2.05) is 0 Å². The van der Waals surface area contributed by atoms with Crippen molar-refractivity contribution < 1.29 is 76.5 Å². The first-order chi connectivity index (χ1) is 8.65. The maximum absolute atomic E-state index is 11.1. The number of hydrogen-bond acceptors (Lipinski definition) is 9. The minimum atomic E-state index is -4.30. The molecule has 0 rings (SSSR count). The zero-order valence-electron chi connectivity index (χ0n) is 14.0. The molecule has 3 unspecified atom stereocenters. The van der Waals surface area contributed by atoms with E-state index in [-0.39, 0.29) is 38.3 Å². The topological polar surface area (TPSA) is 360 Å². The molecule has 0 aromatic heterocycles. The SMILES string of the molecule is CC(O)C(=O)[O][Bi]([O]C(=O)C(C)O)[O]C(=O)C(C)O.O.O.O.O.O.O.O. The smallest absolute Gasteiger partial charge is 0.412 e. The molecule has 0 aliphatic carbocycles. The molecule has 17 heteroatoms. The van der Waals surface area contributed by atoms with Crippen LogP contribution in [0.15, 0.2) is 0 Å². The van der Waals surface area contributed by atoms with Crippen molar-refractivity contribution in [2.45, 2.75) is 39.1 Å². The van der Waals surface area contributed by atoms with Gasteiger partial charge < -0.3 is 38.3 Å². The first kappa shape index (κ1) is 49.8. The van der Waals surface area contributed by atoms with Crippen LogP contribution in [-0.4, -0.2) is 113 Å². The van der Waals surface area contributed by atoms with Crippen LogP contribution >= 0.6 is 0 Å². The summed E-state index contributed by atoms with van der Waals surface area (Å²) in [5.74, 6) is -3.39. The summed E-state index contributed by atoms with van der Waals surface area (Å²) in [5.41, 5.74) is 0. The van der Waals surface area contributed by atoms with E-state index in [2.05, 4.69) is 8.44 Å². The summed E-state index contributed by atoms with van der Waals surface area (Å²) in [4.78, 5) is 33.4. The van der Waals surface area contributed by atoms with Crippen molar-refractivity contribution in [2.24, 2.45) is 0 Å². The predicted molar refractivity (Wildman–Crippen MR) is 84.4 cm³/mol. The second-order valence-electron chi connectivity index (χ2n) is 3.48. The molecule has 0 fully saturated rings. The van der Waals surface area contributed by atoms with Gasteiger partial charge in [-0.25, -0.2) is 0 Å². The fourth-order valence-electron chi connectivity index (χ4n) is 0.505. The van der Waals surface area contributed by atoms with Gasteiger partial charge in [0.25, 0.3) is 0 Å². The summed E-state index contributed by atoms with van der Waals surface area (Å²) < 4.78 is 13.7. The van der Waals surface area contributed by atoms with Crippen molar-refractivity contribution in [1.29, 1.82) is 0 Å². The largest absolute Gasteiger partial charge is 0.412 e. The molecule has 0 amide bonds. The van der Waals surface area contributed by atoms with Crippen LogP contribution in [0.25, 0.3) is 0 Å². The van der Waals surface area contributed by atoms with Crippen molar-refractivity contribution in [3.8, 4) is 0 Å². The molecule has 0 aromatic carbocycles. The third-order valence-electron chi connectivity index (χ3n) is 1.52. The number of aliphatic hydroxyl groups is 3. The Balaban J connectivity index is -0.0000000771. The molecule has 0 heterocycles. The third-order valence-corrected chi connectivity index (χ3v) is 5.35. The Kier molecular flexibility index (Phi) is 45.8. The van der Waals surface area contributed by atoms with Crippen molar-refractivity contribution in [1.82, 2.24) is 0 Å². The zero-order valence-corrected chi connectivity index (χ0v) is 17.4. The summed E-state index contributed by atoms with van der Waals surface area (Å²) in [6.45, 7) is 3.33. The van der Waals surface area contributed by atoms with E-state index in [9.17, 15) is 14.4 Å². The van der Waals surface area contributed by atoms with Gasteiger partial charge in [-0.15, -0.1) is 0 Å². The molecule has 0 saturated heterocycles. The van der Waals surface area contributed by atoms with Gasteiger partial charge in [0.05, 0.1) is 0 Å². The molecule has 3 atom stereocenters. The fourth-order valence-corrected chi connectivity index (χ4v) is 4.43. The normalized spacial score (nSPS) is 11.2. The summed E-state index contributed by atoms with van der Waals surface area (Å²) in [6.07, 6.45) is -4.48. The molecule has 17 N–H and O–H groups in total. The Morgan fingerprint density at radius 1 is 0.577 bits per heavy atom. The van der Waals surface area contributed by atoms with E-state index in [0.29, 0.717) is 0 Å². The molecule has 0 aliphatic heterocycles. The number of aliphatic hydroxyl groups excluding tert-OH is 3. The summed E-state index contributed by atoms with van der Waals surface area (Å²) >= 11 is -4.30. The van der Waals surface area contributed by atoms with Gasteiger partial charge in [-0.2, -0.15) is 0 Å². The summed E-state index contributed by atoms with van der Waals surface area (Å²) in [7, 11) is 0. The molecule has 0 saturated carbocycles. The minimum absolute atomic E-state index is 0. The van der Waals surface area contributed by atoms with E-state index in [1.54, 1.807) is 0 Å². The first-order valence-corrected chi connectivity index (χ1v) is 9.40. The van der Waals surface area contributed by atoms with Gasteiger partial charge in [0.2, 0.25) is 0 Å². The average molecular weight is 602 g/mol. The molecule has 0 spiro atoms. The monoisotopic (exact) mass is 602 g/mol. The molecule has 16 nitrogen and oxygen atoms in total. The van der Waals surface area contributed by atoms with Crippen LogP contribution in [0.3, 0.4) is 0 Å². The van der Waals surface area contributed by atoms with Crippen LogP contribution in [0, 0.1) is 0 Å². The summed E-state index contributed by atoms with van der Waals surface area (Å²) in [5, 5.41) is 26.8. The van der Waals surface area contributed by atoms with Crippen LogP contribution in [0.5, 0.6) is 0 Å². The van der Waals surface area contributed by atoms with Crippen molar-refractivity contribution >= 4 is 41.0 Å². The molecular weight excluding hydrogens is 573 g/mol. The molecular formula is C9H29BiO16. The fraction of sp³-hybridized carbons (Fsp3) is 0.667. The zero-order chi connectivity index (χ0) is 15.2. The second-order valence-corrected chi connectivity index (χ2v) is 7.35. The third kappa shape index (κ3) is 20.9. The molecule has 0 aromatic rings. The Bertz CT molecular complexity index is 292. The van der Waals surface area contributed by atoms with Crippen LogP contribution in [0.4, 0.5) is 0 Å². The van der Waals surface area contributed by atoms with E-state index in [0.717, 1.165) is 20.8 Å². The molecule has 26 heavy (non-hydrogen) atoms. The first-order valence-electron chi connectivity index (χ1n) is 5.15. The van der Waals surface area contributed by atoms with Gasteiger partial charge in [-0.3, -0.25) is 0 Å². The standard InChI is InChI=1S/3C3H6O3.Bi.7H2O/c3*1-2(4)3(5)6;;;;;;;;/h3*2,4H,1H3,(H,5,6);;7*1H2/q;;;+3;;;;;;;/p-3. The Morgan fingerprint density at radius 2 is 0.731 bits per heavy atom. The second kappa shape index (κ2) is 23.9. The van der Waals surface area contributed by atoms with Crippen molar-refractivity contribution in [3.05, 3.63) is 0 Å². The Labute approximate surface area is 157 Å². The van der Waals surface area contributed by atoms with Gasteiger partial charge in [-0.1, -0.05) is 0 Å². The van der Waals surface area contributed by atoms with Gasteiger partial charge in [0, 0.05) is 0 Å². The van der Waals surface area contributed by atoms with E-state index < -0.39 is 59.3 Å². The van der Waals surface area contributed by atoms with Crippen LogP contribution in [0.1, 0.15) is 20.8 Å². The predicted octanol–water partition coefficient (Wildman–Crippen LogP) is -8.03. The molecule has 0 radical (unpaired) electrons. The number of rotatable bonds is 6. The van der Waals surface area contributed by atoms with Crippen LogP contribution in [0.2, 0.25) is 0 Å². The number of hydrogen-bond donors (Lipinski definition) is 3. The van der Waals surface area contributed by atoms with Crippen molar-refractivity contribution in [2.75, 3.05) is 0 Å². The van der Waals surface area contributed by atoms with Crippen LogP contribution < -0.4 is 0 Å². The summed E-state index contributed by atoms with van der Waals surface area (Å²) in [6, 6.07) is 0. The number of carbonyl (C=O) groups excluding carboxylic acids is 3. The van der Waals surface area contributed by atoms with E-state index >= 15 is 0 Å². The quantitative estimate of drug-likeness (QED) is 0.243. The Morgan fingerprint density at radius 3 is 0.846 bits per heavy atom. The van der Waals surface area contributed by atoms with Gasteiger partial charge in [0.15, 0.2) is 0 Å². The maximum atomic E-state index is 11.1. The van der Waals surface area contributed by atoms with Gasteiger partial charge >= 0.3 is 118 Å². The molecule has 0 aliphatic rings. The van der Waals surface area contributed by atoms with E-state index in [4.69, 9.17) is 15.3 Å². The maximum Gasteiger partial charge on any atom is -0.412 e. The minimum Gasteiger partial charge on any atom is -0.412 e. The Hall–Kier alpha value is -1.11. The average Bonchev–Trinajstić information content (AvgIpc) is 2.27. The molecule has 166 valence electrons. The molecule has 0 bridgehead atoms.